The average molecular weight is 290 g/mol. The Hall–Kier alpha value is -1.27. The topological polar surface area (TPSA) is 24.5 Å². The molecule has 3 nitrogen and oxygen atoms in total. The van der Waals surface area contributed by atoms with E-state index in [1.54, 1.807) is 19.2 Å². The van der Waals surface area contributed by atoms with Crippen LogP contribution >= 0.6 is 0 Å². The lowest BCUT2D eigenvalue weighted by Crippen LogP contribution is -2.48. The van der Waals surface area contributed by atoms with Crippen molar-refractivity contribution in [3.8, 4) is 5.75 Å². The van der Waals surface area contributed by atoms with E-state index >= 15 is 0 Å². The number of hydrogen-bond acceptors (Lipinski definition) is 3. The van der Waals surface area contributed by atoms with E-state index in [0.29, 0.717) is 0 Å². The van der Waals surface area contributed by atoms with Crippen molar-refractivity contribution in [3.63, 3.8) is 0 Å². The summed E-state index contributed by atoms with van der Waals surface area (Å²) in [6.45, 7) is 4.04. The van der Waals surface area contributed by atoms with Crippen LogP contribution in [0.5, 0.6) is 5.75 Å². The largest absolute Gasteiger partial charge is 0.573 e. The highest BCUT2D eigenvalue weighted by Crippen LogP contribution is 2.32. The fraction of sp³-hybridized carbons (Fsp3) is 0.571. The van der Waals surface area contributed by atoms with Gasteiger partial charge >= 0.3 is 6.36 Å². The fourth-order valence-electron chi connectivity index (χ4n) is 2.08. The first kappa shape index (κ1) is 16.8. The molecule has 0 saturated heterocycles. The molecule has 0 aliphatic heterocycles. The molecule has 1 atom stereocenters. The Morgan fingerprint density at radius 2 is 1.80 bits per heavy atom. The lowest BCUT2D eigenvalue weighted by Gasteiger charge is -2.40. The van der Waals surface area contributed by atoms with Gasteiger partial charge in [0, 0.05) is 11.6 Å². The Morgan fingerprint density at radius 1 is 1.20 bits per heavy atom. The molecule has 0 saturated carbocycles. The Labute approximate surface area is 117 Å². The molecule has 1 unspecified atom stereocenters. The number of likely N-dealkylation sites (N-methyl/N-ethyl adjacent to an activating group) is 2. The second kappa shape index (κ2) is 6.01. The minimum Gasteiger partial charge on any atom is -0.406 e. The van der Waals surface area contributed by atoms with Gasteiger partial charge in [0.15, 0.2) is 0 Å². The molecule has 1 N–H and O–H groups in total. The molecule has 1 aromatic rings. The fourth-order valence-corrected chi connectivity index (χ4v) is 2.08. The summed E-state index contributed by atoms with van der Waals surface area (Å²) in [5, 5.41) is 3.15. The second-order valence-corrected chi connectivity index (χ2v) is 5.39. The van der Waals surface area contributed by atoms with Gasteiger partial charge in [0.1, 0.15) is 5.75 Å². The SMILES string of the molecule is CNC(c1cccc(OC(F)(F)F)c1)C(C)(C)N(C)C. The Bertz CT molecular complexity index is 444. The molecule has 1 rings (SSSR count). The van der Waals surface area contributed by atoms with E-state index in [0.717, 1.165) is 5.56 Å². The summed E-state index contributed by atoms with van der Waals surface area (Å²) in [6, 6.07) is 5.93. The van der Waals surface area contributed by atoms with Crippen molar-refractivity contribution in [1.29, 1.82) is 0 Å². The van der Waals surface area contributed by atoms with Crippen molar-refractivity contribution in [1.82, 2.24) is 10.2 Å². The van der Waals surface area contributed by atoms with Gasteiger partial charge in [0.25, 0.3) is 0 Å². The van der Waals surface area contributed by atoms with Crippen molar-refractivity contribution in [3.05, 3.63) is 29.8 Å². The van der Waals surface area contributed by atoms with Crippen molar-refractivity contribution in [2.45, 2.75) is 31.8 Å². The first-order valence-electron chi connectivity index (χ1n) is 6.28. The third-order valence-corrected chi connectivity index (χ3v) is 3.57. The minimum atomic E-state index is -4.68. The number of benzene rings is 1. The molecule has 1 aromatic carbocycles. The molecule has 0 heterocycles. The van der Waals surface area contributed by atoms with Crippen molar-refractivity contribution in [2.24, 2.45) is 0 Å². The van der Waals surface area contributed by atoms with E-state index in [1.165, 1.54) is 12.1 Å². The Morgan fingerprint density at radius 3 is 2.25 bits per heavy atom. The van der Waals surface area contributed by atoms with Crippen LogP contribution in [0, 0.1) is 0 Å². The van der Waals surface area contributed by atoms with Gasteiger partial charge in [-0.05, 0) is 52.7 Å². The smallest absolute Gasteiger partial charge is 0.406 e. The molecular formula is C14H21F3N2O. The van der Waals surface area contributed by atoms with Gasteiger partial charge in [-0.25, -0.2) is 0 Å². The maximum absolute atomic E-state index is 12.3. The highest BCUT2D eigenvalue weighted by Gasteiger charge is 2.34. The molecule has 0 bridgehead atoms. The Kier molecular flexibility index (Phi) is 5.05. The van der Waals surface area contributed by atoms with E-state index in [9.17, 15) is 13.2 Å². The third-order valence-electron chi connectivity index (χ3n) is 3.57. The molecule has 0 aliphatic rings. The van der Waals surface area contributed by atoms with E-state index in [-0.39, 0.29) is 17.3 Å². The monoisotopic (exact) mass is 290 g/mol. The minimum absolute atomic E-state index is 0.130. The summed E-state index contributed by atoms with van der Waals surface area (Å²) in [5.41, 5.74) is 0.471. The van der Waals surface area contributed by atoms with Crippen LogP contribution in [0.3, 0.4) is 0 Å². The normalized spacial score (nSPS) is 14.4. The van der Waals surface area contributed by atoms with Crippen molar-refractivity contribution >= 4 is 0 Å². The summed E-state index contributed by atoms with van der Waals surface area (Å²) in [7, 11) is 5.65. The predicted octanol–water partition coefficient (Wildman–Crippen LogP) is 3.19. The summed E-state index contributed by atoms with van der Waals surface area (Å²) >= 11 is 0. The van der Waals surface area contributed by atoms with Crippen molar-refractivity contribution in [2.75, 3.05) is 21.1 Å². The molecule has 0 radical (unpaired) electrons. The van der Waals surface area contributed by atoms with Gasteiger partial charge in [0.2, 0.25) is 0 Å². The zero-order valence-electron chi connectivity index (χ0n) is 12.4. The van der Waals surface area contributed by atoms with Gasteiger partial charge in [-0.1, -0.05) is 12.1 Å². The molecule has 20 heavy (non-hydrogen) atoms. The van der Waals surface area contributed by atoms with Crippen LogP contribution in [0.1, 0.15) is 25.5 Å². The zero-order valence-corrected chi connectivity index (χ0v) is 12.4. The number of halogens is 3. The van der Waals surface area contributed by atoms with Crippen LogP contribution in [0.15, 0.2) is 24.3 Å². The molecule has 0 aromatic heterocycles. The number of nitrogens with zero attached hydrogens (tertiary/aromatic N) is 1. The number of ether oxygens (including phenoxy) is 1. The van der Waals surface area contributed by atoms with Crippen molar-refractivity contribution < 1.29 is 17.9 Å². The summed E-state index contributed by atoms with van der Waals surface area (Å²) in [4.78, 5) is 2.02. The highest BCUT2D eigenvalue weighted by atomic mass is 19.4. The van der Waals surface area contributed by atoms with E-state index in [1.807, 2.05) is 32.8 Å². The standard InChI is InChI=1S/C14H21F3N2O/c1-13(2,19(4)5)12(18-3)10-7-6-8-11(9-10)20-14(15,16)17/h6-9,12,18H,1-5H3. The summed E-state index contributed by atoms with van der Waals surface area (Å²) in [6.07, 6.45) is -4.68. The van der Waals surface area contributed by atoms with Crippen LogP contribution in [0.25, 0.3) is 0 Å². The van der Waals surface area contributed by atoms with Crippen LogP contribution in [0.4, 0.5) is 13.2 Å². The quantitative estimate of drug-likeness (QED) is 0.901. The van der Waals surface area contributed by atoms with E-state index in [4.69, 9.17) is 0 Å². The predicted molar refractivity (Wildman–Crippen MR) is 72.7 cm³/mol. The van der Waals surface area contributed by atoms with Crippen LogP contribution in [-0.4, -0.2) is 37.9 Å². The summed E-state index contributed by atoms with van der Waals surface area (Å²) in [5.74, 6) is -0.204. The molecular weight excluding hydrogens is 269 g/mol. The molecule has 0 fully saturated rings. The van der Waals surface area contributed by atoms with Gasteiger partial charge in [-0.15, -0.1) is 13.2 Å². The maximum Gasteiger partial charge on any atom is 0.573 e. The van der Waals surface area contributed by atoms with Gasteiger partial charge < -0.3 is 15.0 Å². The average Bonchev–Trinajstić information content (AvgIpc) is 2.27. The van der Waals surface area contributed by atoms with Crippen LogP contribution < -0.4 is 10.1 Å². The lowest BCUT2D eigenvalue weighted by molar-refractivity contribution is -0.274. The first-order chi connectivity index (χ1) is 9.08. The zero-order chi connectivity index (χ0) is 15.6. The molecule has 6 heteroatoms. The third kappa shape index (κ3) is 4.11. The Balaban J connectivity index is 3.09. The second-order valence-electron chi connectivity index (χ2n) is 5.39. The van der Waals surface area contributed by atoms with Gasteiger partial charge in [-0.3, -0.25) is 0 Å². The van der Waals surface area contributed by atoms with Crippen LogP contribution in [0.2, 0.25) is 0 Å². The summed E-state index contributed by atoms with van der Waals surface area (Å²) < 4.78 is 40.8. The highest BCUT2D eigenvalue weighted by molar-refractivity contribution is 5.32. The molecule has 0 aliphatic carbocycles. The molecule has 0 amide bonds. The van der Waals surface area contributed by atoms with E-state index in [2.05, 4.69) is 10.1 Å². The molecule has 114 valence electrons. The van der Waals surface area contributed by atoms with Gasteiger partial charge in [-0.2, -0.15) is 0 Å². The maximum atomic E-state index is 12.3. The lowest BCUT2D eigenvalue weighted by atomic mass is 9.87. The van der Waals surface area contributed by atoms with Crippen LogP contribution in [-0.2, 0) is 0 Å². The molecule has 0 spiro atoms. The number of alkyl halides is 3. The van der Waals surface area contributed by atoms with Gasteiger partial charge in [0.05, 0.1) is 0 Å². The number of nitrogens with one attached hydrogen (secondary N) is 1. The number of rotatable bonds is 5. The first-order valence-corrected chi connectivity index (χ1v) is 6.28. The number of hydrogen-bond donors (Lipinski definition) is 1. The van der Waals surface area contributed by atoms with E-state index < -0.39 is 6.36 Å².